The first-order valence-corrected chi connectivity index (χ1v) is 6.38. The molecule has 1 aliphatic heterocycles. The third-order valence-corrected chi connectivity index (χ3v) is 3.27. The van der Waals surface area contributed by atoms with Crippen LogP contribution >= 0.6 is 0 Å². The molecule has 1 saturated heterocycles. The van der Waals surface area contributed by atoms with Crippen molar-refractivity contribution in [3.8, 4) is 0 Å². The lowest BCUT2D eigenvalue weighted by atomic mass is 10.2. The summed E-state index contributed by atoms with van der Waals surface area (Å²) in [5.41, 5.74) is 0. The van der Waals surface area contributed by atoms with Crippen LogP contribution < -0.4 is 15.5 Å². The van der Waals surface area contributed by atoms with E-state index in [0.29, 0.717) is 12.1 Å². The first-order valence-electron chi connectivity index (χ1n) is 6.38. The second kappa shape index (κ2) is 4.49. The molecule has 2 heterocycles. The number of nitrogens with zero attached hydrogens (tertiary/aromatic N) is 3. The van der Waals surface area contributed by atoms with Crippen molar-refractivity contribution in [3.63, 3.8) is 0 Å². The van der Waals surface area contributed by atoms with Gasteiger partial charge in [-0.25, -0.2) is 9.97 Å². The number of anilines is 2. The Kier molecular flexibility index (Phi) is 2.84. The Morgan fingerprint density at radius 1 is 1.41 bits per heavy atom. The minimum Gasteiger partial charge on any atom is -0.367 e. The molecule has 3 rings (SSSR count). The molecule has 92 valence electrons. The molecule has 2 aliphatic rings. The molecule has 1 atom stereocenters. The van der Waals surface area contributed by atoms with E-state index in [-0.39, 0.29) is 0 Å². The van der Waals surface area contributed by atoms with E-state index in [1.807, 2.05) is 0 Å². The standard InChI is InChI=1S/C12H19N5/c1-9-7-17(5-4-13-9)12-6-11(14-8-15-12)16-10-2-3-10/h6,8-10,13H,2-5,7H2,1H3,(H,14,15,16). The fourth-order valence-electron chi connectivity index (χ4n) is 2.18. The summed E-state index contributed by atoms with van der Waals surface area (Å²) in [7, 11) is 0. The van der Waals surface area contributed by atoms with Crippen molar-refractivity contribution in [2.45, 2.75) is 31.8 Å². The molecule has 0 amide bonds. The molecule has 0 aromatic carbocycles. The maximum atomic E-state index is 4.37. The number of aromatic nitrogens is 2. The number of nitrogens with one attached hydrogen (secondary N) is 2. The van der Waals surface area contributed by atoms with E-state index < -0.39 is 0 Å². The molecule has 5 heteroatoms. The van der Waals surface area contributed by atoms with Crippen molar-refractivity contribution in [1.29, 1.82) is 0 Å². The van der Waals surface area contributed by atoms with Gasteiger partial charge in [-0.3, -0.25) is 0 Å². The van der Waals surface area contributed by atoms with Crippen LogP contribution in [0.2, 0.25) is 0 Å². The van der Waals surface area contributed by atoms with Crippen LogP contribution in [-0.2, 0) is 0 Å². The van der Waals surface area contributed by atoms with Gasteiger partial charge in [0.25, 0.3) is 0 Å². The highest BCUT2D eigenvalue weighted by atomic mass is 15.2. The molecule has 0 radical (unpaired) electrons. The summed E-state index contributed by atoms with van der Waals surface area (Å²) in [6, 6.07) is 3.23. The maximum Gasteiger partial charge on any atom is 0.134 e. The van der Waals surface area contributed by atoms with E-state index in [1.165, 1.54) is 12.8 Å². The molecule has 0 bridgehead atoms. The number of piperazine rings is 1. The van der Waals surface area contributed by atoms with Gasteiger partial charge in [0.15, 0.2) is 0 Å². The van der Waals surface area contributed by atoms with Gasteiger partial charge in [0, 0.05) is 37.8 Å². The Labute approximate surface area is 102 Å². The van der Waals surface area contributed by atoms with Crippen molar-refractivity contribution < 1.29 is 0 Å². The van der Waals surface area contributed by atoms with Crippen LogP contribution in [0.4, 0.5) is 11.6 Å². The fraction of sp³-hybridized carbons (Fsp3) is 0.667. The molecule has 17 heavy (non-hydrogen) atoms. The van der Waals surface area contributed by atoms with E-state index in [2.05, 4.69) is 38.5 Å². The molecule has 0 spiro atoms. The van der Waals surface area contributed by atoms with Crippen molar-refractivity contribution >= 4 is 11.6 Å². The monoisotopic (exact) mass is 233 g/mol. The lowest BCUT2D eigenvalue weighted by Gasteiger charge is -2.32. The van der Waals surface area contributed by atoms with Crippen molar-refractivity contribution in [3.05, 3.63) is 12.4 Å². The van der Waals surface area contributed by atoms with E-state index in [9.17, 15) is 0 Å². The first-order chi connectivity index (χ1) is 8.31. The molecule has 2 fully saturated rings. The van der Waals surface area contributed by atoms with Gasteiger partial charge in [-0.05, 0) is 19.8 Å². The third kappa shape index (κ3) is 2.66. The normalized spacial score (nSPS) is 24.8. The summed E-state index contributed by atoms with van der Waals surface area (Å²) >= 11 is 0. The SMILES string of the molecule is CC1CN(c2cc(NC3CC3)ncn2)CCN1. The van der Waals surface area contributed by atoms with Crippen LogP contribution in [0.25, 0.3) is 0 Å². The van der Waals surface area contributed by atoms with Gasteiger partial charge in [0.1, 0.15) is 18.0 Å². The van der Waals surface area contributed by atoms with Crippen LogP contribution in [-0.4, -0.2) is 41.7 Å². The topological polar surface area (TPSA) is 53.1 Å². The highest BCUT2D eigenvalue weighted by Crippen LogP contribution is 2.25. The lowest BCUT2D eigenvalue weighted by Crippen LogP contribution is -2.49. The lowest BCUT2D eigenvalue weighted by molar-refractivity contribution is 0.482. The zero-order valence-corrected chi connectivity index (χ0v) is 10.2. The number of hydrogen-bond donors (Lipinski definition) is 2. The van der Waals surface area contributed by atoms with Gasteiger partial charge in [-0.15, -0.1) is 0 Å². The summed E-state index contributed by atoms with van der Waals surface area (Å²) in [6.45, 7) is 5.26. The van der Waals surface area contributed by atoms with Crippen LogP contribution in [0.3, 0.4) is 0 Å². The zero-order chi connectivity index (χ0) is 11.7. The number of hydrogen-bond acceptors (Lipinski definition) is 5. The van der Waals surface area contributed by atoms with Crippen molar-refractivity contribution in [2.75, 3.05) is 29.9 Å². The Bertz CT molecular complexity index is 390. The summed E-state index contributed by atoms with van der Waals surface area (Å²) in [6.07, 6.45) is 4.20. The van der Waals surface area contributed by atoms with Crippen LogP contribution in [0, 0.1) is 0 Å². The fourth-order valence-corrected chi connectivity index (χ4v) is 2.18. The van der Waals surface area contributed by atoms with Gasteiger partial charge in [0.2, 0.25) is 0 Å². The van der Waals surface area contributed by atoms with Gasteiger partial charge in [-0.2, -0.15) is 0 Å². The van der Waals surface area contributed by atoms with Crippen LogP contribution in [0.1, 0.15) is 19.8 Å². The molecule has 1 saturated carbocycles. The van der Waals surface area contributed by atoms with Gasteiger partial charge >= 0.3 is 0 Å². The first kappa shape index (κ1) is 10.8. The molecule has 1 aromatic heterocycles. The highest BCUT2D eigenvalue weighted by Gasteiger charge is 2.22. The summed E-state index contributed by atoms with van der Waals surface area (Å²) in [5, 5.41) is 6.85. The molecule has 5 nitrogen and oxygen atoms in total. The highest BCUT2D eigenvalue weighted by molar-refractivity contribution is 5.49. The predicted octanol–water partition coefficient (Wildman–Crippen LogP) is 0.849. The van der Waals surface area contributed by atoms with Gasteiger partial charge in [0.05, 0.1) is 0 Å². The quantitative estimate of drug-likeness (QED) is 0.810. The molecule has 1 unspecified atom stereocenters. The van der Waals surface area contributed by atoms with Crippen molar-refractivity contribution in [2.24, 2.45) is 0 Å². The Balaban J connectivity index is 1.72. The van der Waals surface area contributed by atoms with Crippen molar-refractivity contribution in [1.82, 2.24) is 15.3 Å². The predicted molar refractivity (Wildman–Crippen MR) is 68.4 cm³/mol. The largest absolute Gasteiger partial charge is 0.367 e. The Hall–Kier alpha value is -1.36. The van der Waals surface area contributed by atoms with Gasteiger partial charge in [-0.1, -0.05) is 0 Å². The average molecular weight is 233 g/mol. The van der Waals surface area contributed by atoms with Crippen LogP contribution in [0.5, 0.6) is 0 Å². The zero-order valence-electron chi connectivity index (χ0n) is 10.2. The number of rotatable bonds is 3. The van der Waals surface area contributed by atoms with E-state index in [1.54, 1.807) is 6.33 Å². The molecular weight excluding hydrogens is 214 g/mol. The van der Waals surface area contributed by atoms with E-state index in [4.69, 9.17) is 0 Å². The summed E-state index contributed by atoms with van der Waals surface area (Å²) in [5.74, 6) is 2.00. The molecule has 1 aromatic rings. The minimum absolute atomic E-state index is 0.526. The summed E-state index contributed by atoms with van der Waals surface area (Å²) < 4.78 is 0. The molecule has 1 aliphatic carbocycles. The molecular formula is C12H19N5. The van der Waals surface area contributed by atoms with Crippen LogP contribution in [0.15, 0.2) is 12.4 Å². The second-order valence-electron chi connectivity index (χ2n) is 4.98. The minimum atomic E-state index is 0.526. The Morgan fingerprint density at radius 2 is 2.29 bits per heavy atom. The Morgan fingerprint density at radius 3 is 3.06 bits per heavy atom. The molecule has 2 N–H and O–H groups in total. The maximum absolute atomic E-state index is 4.37. The second-order valence-corrected chi connectivity index (χ2v) is 4.98. The average Bonchev–Trinajstić information content (AvgIpc) is 3.13. The van der Waals surface area contributed by atoms with E-state index >= 15 is 0 Å². The summed E-state index contributed by atoms with van der Waals surface area (Å²) in [4.78, 5) is 11.0. The van der Waals surface area contributed by atoms with E-state index in [0.717, 1.165) is 31.3 Å². The third-order valence-electron chi connectivity index (χ3n) is 3.27. The smallest absolute Gasteiger partial charge is 0.134 e. The van der Waals surface area contributed by atoms with Gasteiger partial charge < -0.3 is 15.5 Å².